The highest BCUT2D eigenvalue weighted by atomic mass is 32.2. The van der Waals surface area contributed by atoms with Crippen molar-refractivity contribution in [3.8, 4) is 17.9 Å². The number of fused-ring (bicyclic) bond motifs is 2. The molecule has 1 saturated heterocycles. The molecule has 12 heteroatoms. The second-order valence-electron chi connectivity index (χ2n) is 8.97. The fourth-order valence-electron chi connectivity index (χ4n) is 4.71. The summed E-state index contributed by atoms with van der Waals surface area (Å²) in [7, 11) is -3.85. The molecule has 0 amide bonds. The molecule has 0 aliphatic carbocycles. The van der Waals surface area contributed by atoms with Crippen LogP contribution in [0, 0.1) is 23.2 Å². The first-order valence-electron chi connectivity index (χ1n) is 12.4. The average Bonchev–Trinajstić information content (AvgIpc) is 3.72. The molecule has 1 fully saturated rings. The van der Waals surface area contributed by atoms with E-state index >= 15 is 0 Å². The lowest BCUT2D eigenvalue weighted by molar-refractivity contribution is -0.122. The standard InChI is InChI=1S/C27H22N6O2S2.CH2O2/c28-16-19-4-1-2-6-25(19)37(34,35)33-13-11-18-14-21(8-10-24(18)33)32-27-26-23(30-17-31-27)15-22(36-26)9-7-20-5-3-12-29-20;2-1-3/h1-2,4,6,8,10,14-15,17,20,29H,3,5,11-13H2,(H,30,31,32);1H,(H,2,3)/t20-;/m1./s1. The highest BCUT2D eigenvalue weighted by Gasteiger charge is 2.32. The first-order valence-corrected chi connectivity index (χ1v) is 14.7. The van der Waals surface area contributed by atoms with E-state index < -0.39 is 10.0 Å². The van der Waals surface area contributed by atoms with Crippen LogP contribution in [0.5, 0.6) is 0 Å². The molecule has 3 N–H and O–H groups in total. The minimum absolute atomic E-state index is 0.0243. The number of carbonyl (C=O) groups is 1. The van der Waals surface area contributed by atoms with Gasteiger partial charge in [0.05, 0.1) is 32.4 Å². The van der Waals surface area contributed by atoms with Crippen LogP contribution >= 0.6 is 11.3 Å². The van der Waals surface area contributed by atoms with E-state index in [4.69, 9.17) is 9.90 Å². The van der Waals surface area contributed by atoms with E-state index in [0.717, 1.165) is 45.7 Å². The van der Waals surface area contributed by atoms with Crippen LogP contribution in [0.3, 0.4) is 0 Å². The van der Waals surface area contributed by atoms with Crippen LogP contribution in [0.2, 0.25) is 0 Å². The average molecular weight is 573 g/mol. The summed E-state index contributed by atoms with van der Waals surface area (Å²) < 4.78 is 29.0. The fourth-order valence-corrected chi connectivity index (χ4v) is 7.27. The van der Waals surface area contributed by atoms with Crippen molar-refractivity contribution in [2.75, 3.05) is 22.7 Å². The van der Waals surface area contributed by atoms with Gasteiger partial charge in [-0.1, -0.05) is 24.0 Å². The molecule has 4 heterocycles. The van der Waals surface area contributed by atoms with Crippen molar-refractivity contribution in [2.45, 2.75) is 30.2 Å². The predicted octanol–water partition coefficient (Wildman–Crippen LogP) is 3.86. The maximum absolute atomic E-state index is 13.4. The molecule has 0 spiro atoms. The van der Waals surface area contributed by atoms with Gasteiger partial charge in [0.25, 0.3) is 16.5 Å². The monoisotopic (exact) mass is 572 g/mol. The Morgan fingerprint density at radius 2 is 2.02 bits per heavy atom. The third kappa shape index (κ3) is 5.46. The van der Waals surface area contributed by atoms with Crippen molar-refractivity contribution >= 4 is 55.2 Å². The molecule has 0 unspecified atom stereocenters. The number of benzene rings is 2. The number of carboxylic acid groups (broad SMARTS) is 1. The minimum atomic E-state index is -3.85. The third-order valence-electron chi connectivity index (χ3n) is 6.51. The van der Waals surface area contributed by atoms with Crippen LogP contribution < -0.4 is 14.9 Å². The molecule has 6 rings (SSSR count). The number of rotatable bonds is 4. The maximum atomic E-state index is 13.4. The maximum Gasteiger partial charge on any atom is 0.290 e. The lowest BCUT2D eigenvalue weighted by Crippen LogP contribution is -2.29. The molecule has 0 saturated carbocycles. The molecule has 4 aromatic rings. The molecule has 0 bridgehead atoms. The van der Waals surface area contributed by atoms with Gasteiger partial charge in [-0.05, 0) is 67.8 Å². The van der Waals surface area contributed by atoms with Gasteiger partial charge in [-0.15, -0.1) is 11.3 Å². The van der Waals surface area contributed by atoms with Crippen molar-refractivity contribution in [3.63, 3.8) is 0 Å². The van der Waals surface area contributed by atoms with Crippen LogP contribution in [0.25, 0.3) is 10.2 Å². The summed E-state index contributed by atoms with van der Waals surface area (Å²) >= 11 is 1.55. The topological polar surface area (TPSA) is 148 Å². The van der Waals surface area contributed by atoms with Crippen molar-refractivity contribution in [2.24, 2.45) is 0 Å². The Balaban J connectivity index is 0.00000103. The van der Waals surface area contributed by atoms with Gasteiger partial charge in [0.2, 0.25) is 0 Å². The van der Waals surface area contributed by atoms with Crippen molar-refractivity contribution in [1.82, 2.24) is 15.3 Å². The highest BCUT2D eigenvalue weighted by Crippen LogP contribution is 2.37. The summed E-state index contributed by atoms with van der Waals surface area (Å²) in [6.45, 7) is 1.09. The first kappa shape index (κ1) is 27.1. The van der Waals surface area contributed by atoms with Crippen LogP contribution in [-0.4, -0.2) is 49.1 Å². The van der Waals surface area contributed by atoms with Gasteiger partial charge in [0.15, 0.2) is 5.82 Å². The molecule has 40 heavy (non-hydrogen) atoms. The van der Waals surface area contributed by atoms with E-state index in [1.165, 1.54) is 22.8 Å². The predicted molar refractivity (Wildman–Crippen MR) is 153 cm³/mol. The van der Waals surface area contributed by atoms with Gasteiger partial charge in [-0.25, -0.2) is 18.4 Å². The van der Waals surface area contributed by atoms with E-state index in [0.29, 0.717) is 24.5 Å². The quantitative estimate of drug-likeness (QED) is 0.245. The van der Waals surface area contributed by atoms with Gasteiger partial charge in [0, 0.05) is 12.2 Å². The van der Waals surface area contributed by atoms with Gasteiger partial charge in [0.1, 0.15) is 17.3 Å². The summed E-state index contributed by atoms with van der Waals surface area (Å²) in [6, 6.07) is 16.1. The summed E-state index contributed by atoms with van der Waals surface area (Å²) in [5, 5.41) is 23.0. The molecular formula is C28H24N6O4S2. The minimum Gasteiger partial charge on any atom is -0.483 e. The largest absolute Gasteiger partial charge is 0.483 e. The Hall–Kier alpha value is -4.49. The number of nitrogens with one attached hydrogen (secondary N) is 2. The summed E-state index contributed by atoms with van der Waals surface area (Å²) in [5.41, 5.74) is 3.32. The number of sulfonamides is 1. The zero-order chi connectivity index (χ0) is 28.1. The van der Waals surface area contributed by atoms with Crippen LogP contribution in [-0.2, 0) is 21.2 Å². The number of hydrogen-bond donors (Lipinski definition) is 3. The SMILES string of the molecule is N#Cc1ccccc1S(=O)(=O)N1CCc2cc(Nc3ncnc4cc(C#C[C@H]5CCCN5)sc34)ccc21.O=CO. The second kappa shape index (κ2) is 11.7. The van der Waals surface area contributed by atoms with Gasteiger partial charge >= 0.3 is 0 Å². The zero-order valence-electron chi connectivity index (χ0n) is 21.2. The van der Waals surface area contributed by atoms with E-state index in [2.05, 4.69) is 32.4 Å². The van der Waals surface area contributed by atoms with Crippen LogP contribution in [0.15, 0.2) is 59.8 Å². The molecule has 2 aromatic heterocycles. The van der Waals surface area contributed by atoms with Crippen molar-refractivity contribution in [1.29, 1.82) is 5.26 Å². The van der Waals surface area contributed by atoms with E-state index in [1.807, 2.05) is 24.3 Å². The van der Waals surface area contributed by atoms with Crippen molar-refractivity contribution < 1.29 is 18.3 Å². The Morgan fingerprint density at radius 1 is 1.20 bits per heavy atom. The molecule has 2 aliphatic rings. The van der Waals surface area contributed by atoms with E-state index in [-0.39, 0.29) is 23.0 Å². The summed E-state index contributed by atoms with van der Waals surface area (Å²) in [6.07, 6.45) is 4.34. The Bertz CT molecular complexity index is 1780. The molecule has 202 valence electrons. The number of aromatic nitrogens is 2. The zero-order valence-corrected chi connectivity index (χ0v) is 22.8. The number of hydrogen-bond acceptors (Lipinski definition) is 9. The lowest BCUT2D eigenvalue weighted by Gasteiger charge is -2.20. The molecular weight excluding hydrogens is 548 g/mol. The molecule has 1 atom stereocenters. The van der Waals surface area contributed by atoms with Gasteiger partial charge in [-0.3, -0.25) is 9.10 Å². The Kier molecular flexibility index (Phi) is 7.94. The number of anilines is 3. The Labute approximate surface area is 235 Å². The molecule has 0 radical (unpaired) electrons. The first-order chi connectivity index (χ1) is 19.4. The molecule has 2 aromatic carbocycles. The van der Waals surface area contributed by atoms with Crippen molar-refractivity contribution in [3.05, 3.63) is 70.9 Å². The highest BCUT2D eigenvalue weighted by molar-refractivity contribution is 7.93. The summed E-state index contributed by atoms with van der Waals surface area (Å²) in [4.78, 5) is 18.2. The fraction of sp³-hybridized carbons (Fsp3) is 0.214. The normalized spacial score (nSPS) is 15.8. The number of nitriles is 1. The smallest absolute Gasteiger partial charge is 0.290 e. The second-order valence-corrected chi connectivity index (χ2v) is 11.9. The van der Waals surface area contributed by atoms with Gasteiger partial charge < -0.3 is 15.7 Å². The Morgan fingerprint density at radius 3 is 2.80 bits per heavy atom. The lowest BCUT2D eigenvalue weighted by atomic mass is 10.1. The van der Waals surface area contributed by atoms with E-state index in [1.54, 1.807) is 29.5 Å². The van der Waals surface area contributed by atoms with Crippen LogP contribution in [0.1, 0.15) is 28.8 Å². The van der Waals surface area contributed by atoms with Gasteiger partial charge in [-0.2, -0.15) is 5.26 Å². The molecule has 2 aliphatic heterocycles. The van der Waals surface area contributed by atoms with Crippen LogP contribution in [0.4, 0.5) is 17.2 Å². The summed E-state index contributed by atoms with van der Waals surface area (Å²) in [5.74, 6) is 7.26. The van der Waals surface area contributed by atoms with E-state index in [9.17, 15) is 13.7 Å². The molecule has 10 nitrogen and oxygen atoms in total. The third-order valence-corrected chi connectivity index (χ3v) is 9.43. The number of thiophene rings is 1. The number of nitrogens with zero attached hydrogens (tertiary/aromatic N) is 4.